The standard InChI is InChI=1S/C10H15F3N2O5S/c1-9(7(16)17,10(11,12)13)15-8(18)14-5-6-3-2-4-21(6,19)20/h6H,2-5H2,1H3,(H,16,17)(H2,14,15,18). The number of carboxylic acid groups (broad SMARTS) is 1. The third-order valence-corrected chi connectivity index (χ3v) is 5.59. The molecule has 122 valence electrons. The molecular weight excluding hydrogens is 317 g/mol. The van der Waals surface area contributed by atoms with E-state index in [1.54, 1.807) is 0 Å². The molecule has 1 fully saturated rings. The van der Waals surface area contributed by atoms with E-state index < -0.39 is 38.8 Å². The van der Waals surface area contributed by atoms with E-state index in [2.05, 4.69) is 0 Å². The molecule has 0 radical (unpaired) electrons. The molecule has 0 aliphatic carbocycles. The van der Waals surface area contributed by atoms with Crippen molar-refractivity contribution in [2.45, 2.75) is 36.7 Å². The smallest absolute Gasteiger partial charge is 0.422 e. The Labute approximate surface area is 118 Å². The maximum Gasteiger partial charge on any atom is 0.422 e. The van der Waals surface area contributed by atoms with E-state index in [0.717, 1.165) is 0 Å². The van der Waals surface area contributed by atoms with E-state index in [4.69, 9.17) is 5.11 Å². The van der Waals surface area contributed by atoms with E-state index in [1.807, 2.05) is 5.32 Å². The van der Waals surface area contributed by atoms with Gasteiger partial charge in [0.25, 0.3) is 0 Å². The van der Waals surface area contributed by atoms with Gasteiger partial charge in [-0.1, -0.05) is 0 Å². The zero-order chi connectivity index (χ0) is 16.5. The van der Waals surface area contributed by atoms with Crippen LogP contribution < -0.4 is 10.6 Å². The molecular formula is C10H15F3N2O5S. The molecule has 0 bridgehead atoms. The Hall–Kier alpha value is -1.52. The average Bonchev–Trinajstić information content (AvgIpc) is 2.63. The van der Waals surface area contributed by atoms with Crippen LogP contribution in [0.4, 0.5) is 18.0 Å². The number of halogens is 3. The third kappa shape index (κ3) is 3.77. The molecule has 0 aromatic heterocycles. The number of hydrogen-bond donors (Lipinski definition) is 3. The second-order valence-electron chi connectivity index (χ2n) is 4.89. The average molecular weight is 332 g/mol. The van der Waals surface area contributed by atoms with Gasteiger partial charge >= 0.3 is 18.2 Å². The summed E-state index contributed by atoms with van der Waals surface area (Å²) in [6, 6.07) is -1.39. The van der Waals surface area contributed by atoms with Crippen molar-refractivity contribution in [2.24, 2.45) is 0 Å². The number of urea groups is 1. The van der Waals surface area contributed by atoms with Crippen molar-refractivity contribution in [3.05, 3.63) is 0 Å². The van der Waals surface area contributed by atoms with Crippen LogP contribution >= 0.6 is 0 Å². The molecule has 1 rings (SSSR count). The van der Waals surface area contributed by atoms with Crippen LogP contribution in [0.5, 0.6) is 0 Å². The Balaban J connectivity index is 2.66. The first-order valence-electron chi connectivity index (χ1n) is 5.98. The number of amides is 2. The lowest BCUT2D eigenvalue weighted by Crippen LogP contribution is -2.64. The highest BCUT2D eigenvalue weighted by Gasteiger charge is 2.58. The van der Waals surface area contributed by atoms with Crippen molar-refractivity contribution >= 4 is 21.8 Å². The van der Waals surface area contributed by atoms with Crippen LogP contribution in [0.15, 0.2) is 0 Å². The SMILES string of the molecule is CC(NC(=O)NCC1CCCS1(=O)=O)(C(=O)O)C(F)(F)F. The second kappa shape index (κ2) is 5.70. The largest absolute Gasteiger partial charge is 0.479 e. The molecule has 7 nitrogen and oxygen atoms in total. The van der Waals surface area contributed by atoms with Gasteiger partial charge in [-0.3, -0.25) is 0 Å². The molecule has 0 spiro atoms. The molecule has 1 aliphatic heterocycles. The van der Waals surface area contributed by atoms with Gasteiger partial charge in [0, 0.05) is 6.54 Å². The summed E-state index contributed by atoms with van der Waals surface area (Å²) in [5.41, 5.74) is -3.45. The summed E-state index contributed by atoms with van der Waals surface area (Å²) in [4.78, 5) is 22.1. The summed E-state index contributed by atoms with van der Waals surface area (Å²) in [6.45, 7) is -0.0526. The number of carbonyl (C=O) groups excluding carboxylic acids is 1. The van der Waals surface area contributed by atoms with Crippen LogP contribution in [0.1, 0.15) is 19.8 Å². The van der Waals surface area contributed by atoms with Crippen LogP contribution in [-0.4, -0.2) is 54.8 Å². The minimum atomic E-state index is -5.20. The molecule has 1 saturated heterocycles. The normalized spacial score (nSPS) is 24.1. The number of rotatable bonds is 4. The maximum absolute atomic E-state index is 12.7. The third-order valence-electron chi connectivity index (χ3n) is 3.31. The number of aliphatic carboxylic acids is 1. The lowest BCUT2D eigenvalue weighted by molar-refractivity contribution is -0.203. The predicted octanol–water partition coefficient (Wildman–Crippen LogP) is 0.268. The van der Waals surface area contributed by atoms with Gasteiger partial charge in [0.2, 0.25) is 5.54 Å². The lowest BCUT2D eigenvalue weighted by Gasteiger charge is -2.28. The van der Waals surface area contributed by atoms with Gasteiger partial charge in [0.05, 0.1) is 11.0 Å². The van der Waals surface area contributed by atoms with Gasteiger partial charge in [-0.15, -0.1) is 0 Å². The van der Waals surface area contributed by atoms with Crippen molar-refractivity contribution in [2.75, 3.05) is 12.3 Å². The van der Waals surface area contributed by atoms with E-state index in [0.29, 0.717) is 19.8 Å². The summed E-state index contributed by atoms with van der Waals surface area (Å²) >= 11 is 0. The predicted molar refractivity (Wildman–Crippen MR) is 65.4 cm³/mol. The summed E-state index contributed by atoms with van der Waals surface area (Å²) in [7, 11) is -3.35. The Morgan fingerprint density at radius 2 is 1.90 bits per heavy atom. The minimum absolute atomic E-state index is 0.0314. The number of sulfone groups is 1. The fourth-order valence-corrected chi connectivity index (χ4v) is 3.58. The van der Waals surface area contributed by atoms with Crippen molar-refractivity contribution < 1.29 is 36.3 Å². The van der Waals surface area contributed by atoms with Gasteiger partial charge in [-0.25, -0.2) is 18.0 Å². The molecule has 0 aromatic carbocycles. The number of alkyl halides is 3. The first-order valence-corrected chi connectivity index (χ1v) is 7.69. The molecule has 21 heavy (non-hydrogen) atoms. The van der Waals surface area contributed by atoms with Crippen molar-refractivity contribution in [1.29, 1.82) is 0 Å². The number of carboxylic acids is 1. The zero-order valence-corrected chi connectivity index (χ0v) is 11.8. The Morgan fingerprint density at radius 1 is 1.33 bits per heavy atom. The Morgan fingerprint density at radius 3 is 2.29 bits per heavy atom. The first-order chi connectivity index (χ1) is 9.40. The highest BCUT2D eigenvalue weighted by Crippen LogP contribution is 2.30. The topological polar surface area (TPSA) is 113 Å². The van der Waals surface area contributed by atoms with E-state index >= 15 is 0 Å². The van der Waals surface area contributed by atoms with Crippen molar-refractivity contribution in [3.63, 3.8) is 0 Å². The molecule has 1 heterocycles. The van der Waals surface area contributed by atoms with E-state index in [9.17, 15) is 31.2 Å². The molecule has 0 saturated carbocycles. The van der Waals surface area contributed by atoms with Gasteiger partial charge < -0.3 is 15.7 Å². The minimum Gasteiger partial charge on any atom is -0.479 e. The number of hydrogen-bond acceptors (Lipinski definition) is 4. The van der Waals surface area contributed by atoms with Gasteiger partial charge in [0.1, 0.15) is 0 Å². The summed E-state index contributed by atoms with van der Waals surface area (Å²) in [5, 5.41) is 11.1. The van der Waals surface area contributed by atoms with Crippen molar-refractivity contribution in [1.82, 2.24) is 10.6 Å². The molecule has 2 amide bonds. The molecule has 3 N–H and O–H groups in total. The Bertz CT molecular complexity index is 533. The molecule has 2 unspecified atom stereocenters. The van der Waals surface area contributed by atoms with E-state index in [-0.39, 0.29) is 12.3 Å². The monoisotopic (exact) mass is 332 g/mol. The maximum atomic E-state index is 12.7. The van der Waals surface area contributed by atoms with Gasteiger partial charge in [0.15, 0.2) is 9.84 Å². The second-order valence-corrected chi connectivity index (χ2v) is 7.29. The highest BCUT2D eigenvalue weighted by molar-refractivity contribution is 7.92. The van der Waals surface area contributed by atoms with E-state index in [1.165, 1.54) is 5.32 Å². The quantitative estimate of drug-likeness (QED) is 0.684. The van der Waals surface area contributed by atoms with Crippen LogP contribution in [-0.2, 0) is 14.6 Å². The molecule has 11 heteroatoms. The van der Waals surface area contributed by atoms with Gasteiger partial charge in [-0.05, 0) is 19.8 Å². The number of carbonyl (C=O) groups is 2. The van der Waals surface area contributed by atoms with Crippen LogP contribution in [0.2, 0.25) is 0 Å². The summed E-state index contributed by atoms with van der Waals surface area (Å²) < 4.78 is 60.9. The van der Waals surface area contributed by atoms with Crippen LogP contribution in [0, 0.1) is 0 Å². The van der Waals surface area contributed by atoms with Crippen molar-refractivity contribution in [3.8, 4) is 0 Å². The van der Waals surface area contributed by atoms with Crippen LogP contribution in [0.3, 0.4) is 0 Å². The van der Waals surface area contributed by atoms with Crippen LogP contribution in [0.25, 0.3) is 0 Å². The molecule has 0 aromatic rings. The first kappa shape index (κ1) is 17.5. The molecule has 2 atom stereocenters. The fourth-order valence-electron chi connectivity index (χ4n) is 1.81. The van der Waals surface area contributed by atoms with Gasteiger partial charge in [-0.2, -0.15) is 13.2 Å². The zero-order valence-electron chi connectivity index (χ0n) is 11.0. The fraction of sp³-hybridized carbons (Fsp3) is 0.800. The number of nitrogens with one attached hydrogen (secondary N) is 2. The molecule has 1 aliphatic rings. The Kier molecular flexibility index (Phi) is 4.76. The summed E-state index contributed by atoms with van der Waals surface area (Å²) in [6.07, 6.45) is -4.47. The highest BCUT2D eigenvalue weighted by atomic mass is 32.2. The lowest BCUT2D eigenvalue weighted by atomic mass is 10.0. The summed E-state index contributed by atoms with van der Waals surface area (Å²) in [5.74, 6) is -2.30.